The average Bonchev–Trinajstić information content (AvgIpc) is 2.68. The maximum Gasteiger partial charge on any atom is 0.416 e. The van der Waals surface area contributed by atoms with Gasteiger partial charge in [-0.1, -0.05) is 18.2 Å². The van der Waals surface area contributed by atoms with E-state index in [2.05, 4.69) is 20.9 Å². The Labute approximate surface area is 156 Å². The Bertz CT molecular complexity index is 803. The molecule has 0 aliphatic carbocycles. The van der Waals surface area contributed by atoms with Crippen molar-refractivity contribution in [3.63, 3.8) is 0 Å². The standard InChI is InChI=1S/C20H21F3N4/c1-26(19-6-5-16(12-24)13-25-19)18-7-9-27(10-8-18)14-15-3-2-4-17(11-15)20(21,22)23/h2-6,11,13,18H,7-10,14H2,1H3. The zero-order valence-electron chi connectivity index (χ0n) is 15.1. The Hall–Kier alpha value is -2.59. The van der Waals surface area contributed by atoms with E-state index in [1.807, 2.05) is 13.1 Å². The largest absolute Gasteiger partial charge is 0.416 e. The lowest BCUT2D eigenvalue weighted by Gasteiger charge is -2.37. The van der Waals surface area contributed by atoms with Gasteiger partial charge < -0.3 is 4.90 Å². The highest BCUT2D eigenvalue weighted by Crippen LogP contribution is 2.30. The summed E-state index contributed by atoms with van der Waals surface area (Å²) >= 11 is 0. The number of pyridine rings is 1. The van der Waals surface area contributed by atoms with E-state index in [1.165, 1.54) is 12.1 Å². The van der Waals surface area contributed by atoms with Gasteiger partial charge in [0.05, 0.1) is 11.1 Å². The van der Waals surface area contributed by atoms with Crippen molar-refractivity contribution in [2.24, 2.45) is 0 Å². The molecule has 0 spiro atoms. The highest BCUT2D eigenvalue weighted by atomic mass is 19.4. The Morgan fingerprint density at radius 2 is 1.96 bits per heavy atom. The number of likely N-dealkylation sites (tertiary alicyclic amines) is 1. The third-order valence-electron chi connectivity index (χ3n) is 5.00. The highest BCUT2D eigenvalue weighted by Gasteiger charge is 2.30. The number of hydrogen-bond donors (Lipinski definition) is 0. The molecule has 2 aromatic rings. The van der Waals surface area contributed by atoms with Crippen LogP contribution in [0, 0.1) is 11.3 Å². The van der Waals surface area contributed by atoms with Gasteiger partial charge in [0.2, 0.25) is 0 Å². The Morgan fingerprint density at radius 3 is 2.56 bits per heavy atom. The number of alkyl halides is 3. The molecule has 0 radical (unpaired) electrons. The third kappa shape index (κ3) is 4.77. The van der Waals surface area contributed by atoms with Gasteiger partial charge in [0.25, 0.3) is 0 Å². The number of nitriles is 1. The van der Waals surface area contributed by atoms with Gasteiger partial charge in [-0.2, -0.15) is 18.4 Å². The van der Waals surface area contributed by atoms with Crippen molar-refractivity contribution in [1.29, 1.82) is 5.26 Å². The number of anilines is 1. The van der Waals surface area contributed by atoms with E-state index in [1.54, 1.807) is 18.3 Å². The minimum atomic E-state index is -4.31. The molecule has 2 heterocycles. The van der Waals surface area contributed by atoms with Crippen molar-refractivity contribution in [2.75, 3.05) is 25.0 Å². The summed E-state index contributed by atoms with van der Waals surface area (Å²) in [5.41, 5.74) is 0.620. The first kappa shape index (κ1) is 19.2. The van der Waals surface area contributed by atoms with E-state index in [-0.39, 0.29) is 0 Å². The number of halogens is 3. The highest BCUT2D eigenvalue weighted by molar-refractivity contribution is 5.42. The molecule has 4 nitrogen and oxygen atoms in total. The van der Waals surface area contributed by atoms with Crippen molar-refractivity contribution in [1.82, 2.24) is 9.88 Å². The van der Waals surface area contributed by atoms with Crippen LogP contribution in [0.4, 0.5) is 19.0 Å². The monoisotopic (exact) mass is 374 g/mol. The van der Waals surface area contributed by atoms with E-state index in [0.717, 1.165) is 37.8 Å². The molecule has 1 aliphatic heterocycles. The smallest absolute Gasteiger partial charge is 0.357 e. The van der Waals surface area contributed by atoms with Crippen molar-refractivity contribution in [3.8, 4) is 6.07 Å². The number of aromatic nitrogens is 1. The topological polar surface area (TPSA) is 43.2 Å². The van der Waals surface area contributed by atoms with Crippen LogP contribution in [0.2, 0.25) is 0 Å². The zero-order chi connectivity index (χ0) is 19.4. The van der Waals surface area contributed by atoms with Gasteiger partial charge in [-0.3, -0.25) is 4.90 Å². The molecule has 0 bridgehead atoms. The maximum atomic E-state index is 12.9. The summed E-state index contributed by atoms with van der Waals surface area (Å²) in [4.78, 5) is 8.63. The zero-order valence-corrected chi connectivity index (χ0v) is 15.1. The lowest BCUT2D eigenvalue weighted by Crippen LogP contribution is -2.43. The summed E-state index contributed by atoms with van der Waals surface area (Å²) in [6.07, 6.45) is -0.914. The van der Waals surface area contributed by atoms with Crippen molar-refractivity contribution in [3.05, 3.63) is 59.3 Å². The predicted octanol–water partition coefficient (Wildman–Crippen LogP) is 4.07. The number of nitrogens with zero attached hydrogens (tertiary/aromatic N) is 4. The lowest BCUT2D eigenvalue weighted by molar-refractivity contribution is -0.137. The third-order valence-corrected chi connectivity index (χ3v) is 5.00. The summed E-state index contributed by atoms with van der Waals surface area (Å²) in [5, 5.41) is 8.86. The number of piperidine rings is 1. The summed E-state index contributed by atoms with van der Waals surface area (Å²) in [6, 6.07) is 11.5. The molecule has 1 fully saturated rings. The fourth-order valence-corrected chi connectivity index (χ4v) is 3.42. The SMILES string of the molecule is CN(c1ccc(C#N)cn1)C1CCN(Cc2cccc(C(F)(F)F)c2)CC1. The number of rotatable bonds is 4. The molecule has 7 heteroatoms. The summed E-state index contributed by atoms with van der Waals surface area (Å²) in [7, 11) is 1.99. The van der Waals surface area contributed by atoms with Crippen LogP contribution < -0.4 is 4.90 Å². The van der Waals surface area contributed by atoms with Gasteiger partial charge in [0.15, 0.2) is 0 Å². The van der Waals surface area contributed by atoms with Gasteiger partial charge in [-0.15, -0.1) is 0 Å². The van der Waals surface area contributed by atoms with E-state index in [9.17, 15) is 13.2 Å². The second kappa shape index (κ2) is 7.97. The molecule has 1 saturated heterocycles. The predicted molar refractivity (Wildman–Crippen MR) is 97.1 cm³/mol. The van der Waals surface area contributed by atoms with Crippen LogP contribution in [-0.2, 0) is 12.7 Å². The van der Waals surface area contributed by atoms with Gasteiger partial charge in [-0.05, 0) is 36.6 Å². The fourth-order valence-electron chi connectivity index (χ4n) is 3.42. The number of hydrogen-bond acceptors (Lipinski definition) is 4. The van der Waals surface area contributed by atoms with Crippen LogP contribution in [0.25, 0.3) is 0 Å². The van der Waals surface area contributed by atoms with E-state index < -0.39 is 11.7 Å². The van der Waals surface area contributed by atoms with Crippen molar-refractivity contribution >= 4 is 5.82 Å². The van der Waals surface area contributed by atoms with Crippen LogP contribution in [0.1, 0.15) is 29.5 Å². The van der Waals surface area contributed by atoms with E-state index in [0.29, 0.717) is 23.7 Å². The van der Waals surface area contributed by atoms with Gasteiger partial charge in [0.1, 0.15) is 11.9 Å². The summed E-state index contributed by atoms with van der Waals surface area (Å²) in [6.45, 7) is 2.17. The average molecular weight is 374 g/mol. The molecule has 1 aromatic carbocycles. The molecule has 1 aliphatic rings. The Balaban J connectivity index is 1.56. The fraction of sp³-hybridized carbons (Fsp3) is 0.400. The molecular weight excluding hydrogens is 353 g/mol. The molecule has 27 heavy (non-hydrogen) atoms. The van der Waals surface area contributed by atoms with Crippen molar-refractivity contribution < 1.29 is 13.2 Å². The number of benzene rings is 1. The van der Waals surface area contributed by atoms with Gasteiger partial charge in [-0.25, -0.2) is 4.98 Å². The second-order valence-electron chi connectivity index (χ2n) is 6.83. The van der Waals surface area contributed by atoms with Crippen LogP contribution in [-0.4, -0.2) is 36.1 Å². The molecule has 3 rings (SSSR count). The van der Waals surface area contributed by atoms with E-state index in [4.69, 9.17) is 5.26 Å². The summed E-state index contributed by atoms with van der Waals surface area (Å²) < 4.78 is 38.6. The summed E-state index contributed by atoms with van der Waals surface area (Å²) in [5.74, 6) is 0.824. The molecule has 0 amide bonds. The minimum absolute atomic E-state index is 0.322. The lowest BCUT2D eigenvalue weighted by atomic mass is 10.0. The van der Waals surface area contributed by atoms with Crippen molar-refractivity contribution in [2.45, 2.75) is 31.6 Å². The van der Waals surface area contributed by atoms with Crippen LogP contribution in [0.3, 0.4) is 0 Å². The first-order valence-corrected chi connectivity index (χ1v) is 8.84. The molecule has 0 saturated carbocycles. The molecule has 0 N–H and O–H groups in total. The van der Waals surface area contributed by atoms with Gasteiger partial charge in [0, 0.05) is 38.9 Å². The van der Waals surface area contributed by atoms with E-state index >= 15 is 0 Å². The Kier molecular flexibility index (Phi) is 5.66. The van der Waals surface area contributed by atoms with Gasteiger partial charge >= 0.3 is 6.18 Å². The molecular formula is C20H21F3N4. The second-order valence-corrected chi connectivity index (χ2v) is 6.83. The quantitative estimate of drug-likeness (QED) is 0.809. The Morgan fingerprint density at radius 1 is 1.22 bits per heavy atom. The minimum Gasteiger partial charge on any atom is -0.357 e. The maximum absolute atomic E-state index is 12.9. The molecule has 0 unspecified atom stereocenters. The molecule has 0 atom stereocenters. The normalized spacial score (nSPS) is 16.1. The van der Waals surface area contributed by atoms with Crippen LogP contribution in [0.15, 0.2) is 42.6 Å². The van der Waals surface area contributed by atoms with Crippen LogP contribution in [0.5, 0.6) is 0 Å². The molecule has 1 aromatic heterocycles. The first-order chi connectivity index (χ1) is 12.9. The molecule has 142 valence electrons. The van der Waals surface area contributed by atoms with Crippen LogP contribution >= 0.6 is 0 Å². The first-order valence-electron chi connectivity index (χ1n) is 8.84.